The minimum absolute atomic E-state index is 0.143. The van der Waals surface area contributed by atoms with Crippen LogP contribution in [0.4, 0.5) is 17.6 Å². The van der Waals surface area contributed by atoms with Crippen molar-refractivity contribution >= 4 is 0 Å². The van der Waals surface area contributed by atoms with Crippen molar-refractivity contribution in [3.63, 3.8) is 0 Å². The van der Waals surface area contributed by atoms with Crippen LogP contribution < -0.4 is 9.47 Å². The van der Waals surface area contributed by atoms with Crippen molar-refractivity contribution in [3.8, 4) is 17.2 Å². The van der Waals surface area contributed by atoms with E-state index in [1.54, 1.807) is 24.3 Å². The highest BCUT2D eigenvalue weighted by molar-refractivity contribution is 5.41. The monoisotopic (exact) mass is 471 g/mol. The summed E-state index contributed by atoms with van der Waals surface area (Å²) in [5.74, 6) is -5.38. The molecule has 2 heterocycles. The second-order valence-corrected chi connectivity index (χ2v) is 7.19. The predicted octanol–water partition coefficient (Wildman–Crippen LogP) is 4.98. The standard InChI is InChI=1S/C24H17F4N3O3/c1-33-17-3-5-18(6-4-17)34-19-7-9-22(31-13-19)24(27,28)23(32,15-11-29-14-30-12-15)20-8-2-16(25)10-21(20)26/h2-14,32H,1H3. The van der Waals surface area contributed by atoms with Gasteiger partial charge in [-0.3, -0.25) is 4.98 Å². The zero-order valence-corrected chi connectivity index (χ0v) is 17.6. The summed E-state index contributed by atoms with van der Waals surface area (Å²) < 4.78 is 70.3. The van der Waals surface area contributed by atoms with E-state index in [-0.39, 0.29) is 5.75 Å². The van der Waals surface area contributed by atoms with Crippen LogP contribution in [-0.2, 0) is 11.5 Å². The summed E-state index contributed by atoms with van der Waals surface area (Å²) >= 11 is 0. The van der Waals surface area contributed by atoms with Gasteiger partial charge in [-0.2, -0.15) is 8.78 Å². The van der Waals surface area contributed by atoms with Gasteiger partial charge in [0.15, 0.2) is 5.60 Å². The molecule has 0 amide bonds. The Morgan fingerprint density at radius 3 is 2.06 bits per heavy atom. The zero-order chi connectivity index (χ0) is 24.3. The van der Waals surface area contributed by atoms with Gasteiger partial charge in [-0.05, 0) is 48.5 Å². The molecule has 10 heteroatoms. The molecular weight excluding hydrogens is 454 g/mol. The van der Waals surface area contributed by atoms with Crippen LogP contribution in [0, 0.1) is 11.6 Å². The number of alkyl halides is 2. The fraction of sp³-hybridized carbons (Fsp3) is 0.125. The lowest BCUT2D eigenvalue weighted by Gasteiger charge is -2.36. The summed E-state index contributed by atoms with van der Waals surface area (Å²) in [6, 6.07) is 10.6. The molecule has 0 aliphatic carbocycles. The molecule has 0 aliphatic heterocycles. The minimum atomic E-state index is -4.19. The fourth-order valence-corrected chi connectivity index (χ4v) is 3.37. The van der Waals surface area contributed by atoms with Gasteiger partial charge in [-0.15, -0.1) is 0 Å². The molecule has 174 valence electrons. The Morgan fingerprint density at radius 2 is 1.47 bits per heavy atom. The van der Waals surface area contributed by atoms with Crippen LogP contribution in [0.5, 0.6) is 17.2 Å². The zero-order valence-electron chi connectivity index (χ0n) is 17.6. The van der Waals surface area contributed by atoms with Crippen molar-refractivity contribution in [2.75, 3.05) is 7.11 Å². The third kappa shape index (κ3) is 4.15. The Bertz CT molecular complexity index is 1270. The van der Waals surface area contributed by atoms with Crippen LogP contribution in [0.2, 0.25) is 0 Å². The molecule has 6 nitrogen and oxygen atoms in total. The smallest absolute Gasteiger partial charge is 0.326 e. The predicted molar refractivity (Wildman–Crippen MR) is 113 cm³/mol. The maximum atomic E-state index is 15.8. The van der Waals surface area contributed by atoms with Crippen molar-refractivity contribution in [2.45, 2.75) is 11.5 Å². The molecule has 2 aromatic heterocycles. The first-order valence-electron chi connectivity index (χ1n) is 9.85. The number of pyridine rings is 1. The van der Waals surface area contributed by atoms with Gasteiger partial charge in [0.25, 0.3) is 0 Å². The number of nitrogens with zero attached hydrogens (tertiary/aromatic N) is 3. The quantitative estimate of drug-likeness (QED) is 0.383. The molecule has 0 bridgehead atoms. The largest absolute Gasteiger partial charge is 0.497 e. The first kappa shape index (κ1) is 23.1. The molecule has 34 heavy (non-hydrogen) atoms. The van der Waals surface area contributed by atoms with E-state index >= 15 is 8.78 Å². The number of aromatic nitrogens is 3. The lowest BCUT2D eigenvalue weighted by atomic mass is 9.80. The molecule has 4 aromatic rings. The Kier molecular flexibility index (Phi) is 6.16. The van der Waals surface area contributed by atoms with E-state index in [2.05, 4.69) is 15.0 Å². The average molecular weight is 471 g/mol. The average Bonchev–Trinajstić information content (AvgIpc) is 2.85. The lowest BCUT2D eigenvalue weighted by Crippen LogP contribution is -2.45. The molecular formula is C24H17F4N3O3. The molecule has 1 atom stereocenters. The number of ether oxygens (including phenoxy) is 2. The number of benzene rings is 2. The van der Waals surface area contributed by atoms with E-state index in [1.165, 1.54) is 13.2 Å². The summed E-state index contributed by atoms with van der Waals surface area (Å²) in [6.07, 6.45) is 3.94. The maximum Gasteiger partial charge on any atom is 0.326 e. The summed E-state index contributed by atoms with van der Waals surface area (Å²) in [7, 11) is 1.51. The van der Waals surface area contributed by atoms with Gasteiger partial charge >= 0.3 is 5.92 Å². The normalized spacial score (nSPS) is 13.2. The Balaban J connectivity index is 1.73. The number of hydrogen-bond acceptors (Lipinski definition) is 6. The highest BCUT2D eigenvalue weighted by Gasteiger charge is 2.59. The van der Waals surface area contributed by atoms with E-state index in [0.29, 0.717) is 17.6 Å². The first-order valence-corrected chi connectivity index (χ1v) is 9.85. The molecule has 2 aromatic carbocycles. The third-order valence-electron chi connectivity index (χ3n) is 5.11. The fourth-order valence-electron chi connectivity index (χ4n) is 3.37. The van der Waals surface area contributed by atoms with Crippen LogP contribution in [0.25, 0.3) is 0 Å². The van der Waals surface area contributed by atoms with Crippen LogP contribution in [-0.4, -0.2) is 27.2 Å². The maximum absolute atomic E-state index is 15.8. The molecule has 1 N–H and O–H groups in total. The van der Waals surface area contributed by atoms with E-state index in [1.807, 2.05) is 0 Å². The van der Waals surface area contributed by atoms with Crippen molar-refractivity contribution < 1.29 is 32.1 Å². The van der Waals surface area contributed by atoms with Crippen LogP contribution in [0.15, 0.2) is 79.5 Å². The van der Waals surface area contributed by atoms with Gasteiger partial charge < -0.3 is 14.6 Å². The second kappa shape index (κ2) is 9.06. The topological polar surface area (TPSA) is 77.4 Å². The van der Waals surface area contributed by atoms with Crippen LogP contribution in [0.1, 0.15) is 16.8 Å². The molecule has 0 spiro atoms. The number of hydrogen-bond donors (Lipinski definition) is 1. The van der Waals surface area contributed by atoms with Crippen molar-refractivity contribution in [1.29, 1.82) is 0 Å². The van der Waals surface area contributed by atoms with Gasteiger partial charge in [0.05, 0.1) is 13.3 Å². The van der Waals surface area contributed by atoms with Gasteiger partial charge in [0.1, 0.15) is 40.9 Å². The van der Waals surface area contributed by atoms with Crippen molar-refractivity contribution in [1.82, 2.24) is 15.0 Å². The summed E-state index contributed by atoms with van der Waals surface area (Å²) in [4.78, 5) is 11.1. The highest BCUT2D eigenvalue weighted by Crippen LogP contribution is 2.49. The van der Waals surface area contributed by atoms with E-state index < -0.39 is 40.0 Å². The van der Waals surface area contributed by atoms with E-state index in [4.69, 9.17) is 9.47 Å². The van der Waals surface area contributed by atoms with E-state index in [0.717, 1.165) is 43.1 Å². The number of aliphatic hydroxyl groups is 1. The molecule has 1 unspecified atom stereocenters. The highest BCUT2D eigenvalue weighted by atomic mass is 19.3. The minimum Gasteiger partial charge on any atom is -0.497 e. The second-order valence-electron chi connectivity index (χ2n) is 7.19. The first-order chi connectivity index (χ1) is 16.3. The van der Waals surface area contributed by atoms with Gasteiger partial charge in [0, 0.05) is 29.6 Å². The van der Waals surface area contributed by atoms with E-state index in [9.17, 15) is 13.9 Å². The molecule has 0 saturated carbocycles. The van der Waals surface area contributed by atoms with Gasteiger partial charge in [-0.1, -0.05) is 0 Å². The van der Waals surface area contributed by atoms with Crippen LogP contribution >= 0.6 is 0 Å². The van der Waals surface area contributed by atoms with Crippen molar-refractivity contribution in [3.05, 3.63) is 108 Å². The molecule has 0 radical (unpaired) electrons. The SMILES string of the molecule is COc1ccc(Oc2ccc(C(F)(F)C(O)(c3cncnc3)c3ccc(F)cc3F)nc2)cc1. The summed E-state index contributed by atoms with van der Waals surface area (Å²) in [6.45, 7) is 0. The molecule has 0 aliphatic rings. The van der Waals surface area contributed by atoms with Crippen molar-refractivity contribution in [2.24, 2.45) is 0 Å². The molecule has 0 saturated heterocycles. The number of halogens is 4. The van der Waals surface area contributed by atoms with Gasteiger partial charge in [-0.25, -0.2) is 18.7 Å². The Hall–Kier alpha value is -4.05. The summed E-state index contributed by atoms with van der Waals surface area (Å²) in [5, 5.41) is 11.3. The number of methoxy groups -OCH3 is 1. The summed E-state index contributed by atoms with van der Waals surface area (Å²) in [5.41, 5.74) is -5.55. The van der Waals surface area contributed by atoms with Gasteiger partial charge in [0.2, 0.25) is 0 Å². The van der Waals surface area contributed by atoms with Crippen LogP contribution in [0.3, 0.4) is 0 Å². The lowest BCUT2D eigenvalue weighted by molar-refractivity contribution is -0.175. The Morgan fingerprint density at radius 1 is 0.824 bits per heavy atom. The molecule has 4 rings (SSSR count). The molecule has 0 fully saturated rings. The number of rotatable bonds is 7. The third-order valence-corrected chi connectivity index (χ3v) is 5.11. The Labute approximate surface area is 191 Å².